The van der Waals surface area contributed by atoms with Gasteiger partial charge in [0.15, 0.2) is 0 Å². The molecule has 0 aromatic carbocycles. The quantitative estimate of drug-likeness (QED) is 0.545. The Labute approximate surface area is 101 Å². The van der Waals surface area contributed by atoms with Crippen molar-refractivity contribution in [1.29, 1.82) is 0 Å². The second-order valence-corrected chi connectivity index (χ2v) is 7.17. The van der Waals surface area contributed by atoms with E-state index in [0.717, 1.165) is 35.5 Å². The fourth-order valence-corrected chi connectivity index (χ4v) is 5.52. The lowest BCUT2D eigenvalue weighted by molar-refractivity contribution is -0.0149. The maximum atomic E-state index is 2.54. The molecule has 0 heteroatoms. The van der Waals surface area contributed by atoms with Gasteiger partial charge in [-0.15, -0.1) is 0 Å². The summed E-state index contributed by atoms with van der Waals surface area (Å²) in [5.74, 6) is 6.53. The van der Waals surface area contributed by atoms with Crippen LogP contribution in [-0.2, 0) is 0 Å². The highest BCUT2D eigenvalue weighted by Crippen LogP contribution is 2.53. The van der Waals surface area contributed by atoms with Crippen molar-refractivity contribution >= 4 is 0 Å². The predicted molar refractivity (Wildman–Crippen MR) is 69.2 cm³/mol. The van der Waals surface area contributed by atoms with Crippen LogP contribution in [0.15, 0.2) is 0 Å². The van der Waals surface area contributed by atoms with Gasteiger partial charge in [0.2, 0.25) is 0 Å². The maximum absolute atomic E-state index is 2.54. The van der Waals surface area contributed by atoms with Crippen molar-refractivity contribution in [3.8, 4) is 0 Å². The summed E-state index contributed by atoms with van der Waals surface area (Å²) in [6, 6.07) is 0. The summed E-state index contributed by atoms with van der Waals surface area (Å²) in [5, 5.41) is 0. The van der Waals surface area contributed by atoms with Crippen molar-refractivity contribution in [3.63, 3.8) is 0 Å². The molecule has 0 aromatic rings. The third-order valence-corrected chi connectivity index (χ3v) is 6.12. The van der Waals surface area contributed by atoms with Gasteiger partial charge >= 0.3 is 0 Å². The van der Waals surface area contributed by atoms with Crippen molar-refractivity contribution in [3.05, 3.63) is 0 Å². The number of fused-ring (bicyclic) bond motifs is 3. The Morgan fingerprint density at radius 1 is 0.688 bits per heavy atom. The minimum absolute atomic E-state index is 1.01. The highest BCUT2D eigenvalue weighted by atomic mass is 14.5. The molecule has 3 aliphatic carbocycles. The molecule has 6 unspecified atom stereocenters. The molecule has 3 aliphatic rings. The van der Waals surface area contributed by atoms with Gasteiger partial charge in [0.05, 0.1) is 0 Å². The van der Waals surface area contributed by atoms with Crippen LogP contribution in [0.2, 0.25) is 0 Å². The van der Waals surface area contributed by atoms with Crippen molar-refractivity contribution < 1.29 is 0 Å². The van der Waals surface area contributed by atoms with Crippen LogP contribution >= 0.6 is 0 Å². The molecule has 0 radical (unpaired) electrons. The fourth-order valence-electron chi connectivity index (χ4n) is 5.52. The summed E-state index contributed by atoms with van der Waals surface area (Å²) >= 11 is 0. The Bertz CT molecular complexity index is 244. The normalized spacial score (nSPS) is 52.9. The summed E-state index contributed by atoms with van der Waals surface area (Å²) in [4.78, 5) is 0. The second-order valence-electron chi connectivity index (χ2n) is 7.17. The zero-order chi connectivity index (χ0) is 11.1. The fraction of sp³-hybridized carbons (Fsp3) is 1.00. The zero-order valence-electron chi connectivity index (χ0n) is 11.1. The lowest BCUT2D eigenvalue weighted by Gasteiger charge is -2.51. The van der Waals surface area contributed by atoms with Gasteiger partial charge in [-0.25, -0.2) is 0 Å². The average Bonchev–Trinajstić information content (AvgIpc) is 2.28. The monoisotopic (exact) mass is 220 g/mol. The Morgan fingerprint density at radius 2 is 1.50 bits per heavy atom. The van der Waals surface area contributed by atoms with Gasteiger partial charge in [0.1, 0.15) is 0 Å². The van der Waals surface area contributed by atoms with E-state index in [1.165, 1.54) is 19.3 Å². The Balaban J connectivity index is 1.78. The highest BCUT2D eigenvalue weighted by molar-refractivity contribution is 4.94. The molecule has 3 fully saturated rings. The smallest absolute Gasteiger partial charge is 0.0350 e. The molecular weight excluding hydrogens is 192 g/mol. The van der Waals surface area contributed by atoms with Gasteiger partial charge in [0.25, 0.3) is 0 Å². The van der Waals surface area contributed by atoms with Crippen LogP contribution in [0.1, 0.15) is 65.2 Å². The predicted octanol–water partition coefficient (Wildman–Crippen LogP) is 4.89. The molecule has 0 heterocycles. The summed E-state index contributed by atoms with van der Waals surface area (Å²) in [7, 11) is 0. The van der Waals surface area contributed by atoms with Gasteiger partial charge in [-0.05, 0) is 67.6 Å². The van der Waals surface area contributed by atoms with E-state index in [-0.39, 0.29) is 0 Å². The Hall–Kier alpha value is 0. The summed E-state index contributed by atoms with van der Waals surface area (Å²) in [6.07, 6.45) is 12.4. The van der Waals surface area contributed by atoms with Crippen LogP contribution in [0, 0.1) is 35.5 Å². The maximum Gasteiger partial charge on any atom is -0.0350 e. The molecular formula is C16H28. The molecule has 0 bridgehead atoms. The van der Waals surface area contributed by atoms with E-state index in [1.807, 2.05) is 0 Å². The molecule has 0 amide bonds. The van der Waals surface area contributed by atoms with Crippen molar-refractivity contribution in [2.24, 2.45) is 35.5 Å². The largest absolute Gasteiger partial charge is 0.0625 e. The van der Waals surface area contributed by atoms with E-state index in [0.29, 0.717) is 0 Å². The molecule has 6 atom stereocenters. The van der Waals surface area contributed by atoms with Crippen molar-refractivity contribution in [2.75, 3.05) is 0 Å². The van der Waals surface area contributed by atoms with Gasteiger partial charge < -0.3 is 0 Å². The zero-order valence-corrected chi connectivity index (χ0v) is 11.1. The summed E-state index contributed by atoms with van der Waals surface area (Å²) < 4.78 is 0. The standard InChI is InChI=1S/C16H28/c1-11-9-12(2)14-8-7-13-5-3-4-6-15(13)16(14)10-11/h11-16H,3-10H2,1-2H3. The van der Waals surface area contributed by atoms with Crippen LogP contribution in [-0.4, -0.2) is 0 Å². The van der Waals surface area contributed by atoms with Crippen molar-refractivity contribution in [1.82, 2.24) is 0 Å². The van der Waals surface area contributed by atoms with E-state index in [4.69, 9.17) is 0 Å². The van der Waals surface area contributed by atoms with Crippen LogP contribution in [0.4, 0.5) is 0 Å². The van der Waals surface area contributed by atoms with E-state index in [1.54, 1.807) is 32.1 Å². The van der Waals surface area contributed by atoms with Crippen LogP contribution in [0.3, 0.4) is 0 Å². The average molecular weight is 220 g/mol. The Kier molecular flexibility index (Phi) is 3.02. The molecule has 0 N–H and O–H groups in total. The van der Waals surface area contributed by atoms with Crippen LogP contribution < -0.4 is 0 Å². The molecule has 3 rings (SSSR count). The third kappa shape index (κ3) is 1.83. The van der Waals surface area contributed by atoms with Crippen molar-refractivity contribution in [2.45, 2.75) is 65.2 Å². The minimum atomic E-state index is 1.01. The minimum Gasteiger partial charge on any atom is -0.0625 e. The van der Waals surface area contributed by atoms with E-state index >= 15 is 0 Å². The highest BCUT2D eigenvalue weighted by Gasteiger charge is 2.44. The molecule has 0 spiro atoms. The first-order chi connectivity index (χ1) is 7.75. The van der Waals surface area contributed by atoms with Crippen LogP contribution in [0.25, 0.3) is 0 Å². The van der Waals surface area contributed by atoms with Gasteiger partial charge in [-0.2, -0.15) is 0 Å². The number of hydrogen-bond donors (Lipinski definition) is 0. The first kappa shape index (κ1) is 11.1. The molecule has 0 aliphatic heterocycles. The molecule has 0 saturated heterocycles. The Morgan fingerprint density at radius 3 is 2.38 bits per heavy atom. The topological polar surface area (TPSA) is 0 Å². The van der Waals surface area contributed by atoms with Gasteiger partial charge in [-0.3, -0.25) is 0 Å². The van der Waals surface area contributed by atoms with E-state index in [9.17, 15) is 0 Å². The molecule has 0 aromatic heterocycles. The number of hydrogen-bond acceptors (Lipinski definition) is 0. The van der Waals surface area contributed by atoms with Crippen LogP contribution in [0.5, 0.6) is 0 Å². The summed E-state index contributed by atoms with van der Waals surface area (Å²) in [5.41, 5.74) is 0. The number of rotatable bonds is 0. The lowest BCUT2D eigenvalue weighted by atomic mass is 9.54. The molecule has 0 nitrogen and oxygen atoms in total. The van der Waals surface area contributed by atoms with E-state index < -0.39 is 0 Å². The van der Waals surface area contributed by atoms with Gasteiger partial charge in [0, 0.05) is 0 Å². The van der Waals surface area contributed by atoms with E-state index in [2.05, 4.69) is 13.8 Å². The first-order valence-corrected chi connectivity index (χ1v) is 7.75. The lowest BCUT2D eigenvalue weighted by Crippen LogP contribution is -2.42. The molecule has 16 heavy (non-hydrogen) atoms. The molecule has 92 valence electrons. The summed E-state index contributed by atoms with van der Waals surface area (Å²) in [6.45, 7) is 5.04. The second kappa shape index (κ2) is 4.35. The first-order valence-electron chi connectivity index (χ1n) is 7.75. The van der Waals surface area contributed by atoms with Gasteiger partial charge in [-0.1, -0.05) is 33.1 Å². The molecule has 3 saturated carbocycles. The SMILES string of the molecule is CC1CC(C)C2CCC3CCCCC3C2C1. The third-order valence-electron chi connectivity index (χ3n) is 6.12.